The van der Waals surface area contributed by atoms with Crippen LogP contribution in [0.15, 0.2) is 30.3 Å². The first-order valence-corrected chi connectivity index (χ1v) is 6.53. The number of carboxylic acid groups (broad SMARTS) is 1. The van der Waals surface area contributed by atoms with Crippen molar-refractivity contribution in [2.45, 2.75) is 25.8 Å². The number of carboxylic acids is 1. The summed E-state index contributed by atoms with van der Waals surface area (Å²) in [4.78, 5) is 13.5. The van der Waals surface area contributed by atoms with Crippen LogP contribution in [0.3, 0.4) is 0 Å². The number of likely N-dealkylation sites (tertiary alicyclic amines) is 1. The Morgan fingerprint density at radius 3 is 2.42 bits per heavy atom. The Kier molecular flexibility index (Phi) is 3.87. The maximum absolute atomic E-state index is 11.2. The average molecular weight is 258 g/mol. The van der Waals surface area contributed by atoms with Gasteiger partial charge in [-0.25, -0.2) is 0 Å². The quantitative estimate of drug-likeness (QED) is 0.904. The van der Waals surface area contributed by atoms with E-state index in [2.05, 4.69) is 24.0 Å². The molecule has 1 heterocycles. The molecule has 1 aliphatic heterocycles. The van der Waals surface area contributed by atoms with Crippen molar-refractivity contribution in [2.75, 3.05) is 13.1 Å². The number of hydrogen-bond donors (Lipinski definition) is 1. The molecule has 1 saturated heterocycles. The van der Waals surface area contributed by atoms with Crippen molar-refractivity contribution >= 4 is 5.97 Å². The molecule has 0 radical (unpaired) electrons. The molecule has 1 unspecified atom stereocenters. The van der Waals surface area contributed by atoms with E-state index in [0.29, 0.717) is 25.9 Å². The van der Waals surface area contributed by atoms with Crippen LogP contribution in [-0.4, -0.2) is 29.1 Å². The predicted molar refractivity (Wildman–Crippen MR) is 71.3 cm³/mol. The molecule has 19 heavy (non-hydrogen) atoms. The SMILES string of the molecule is CC(c1ccccc1)N1CCC(C#N)(C(=O)O)CC1. The highest BCUT2D eigenvalue weighted by atomic mass is 16.4. The number of rotatable bonds is 3. The van der Waals surface area contributed by atoms with Crippen LogP contribution >= 0.6 is 0 Å². The molecule has 2 rings (SSSR count). The molecule has 100 valence electrons. The van der Waals surface area contributed by atoms with Crippen molar-refractivity contribution in [1.29, 1.82) is 5.26 Å². The van der Waals surface area contributed by atoms with E-state index < -0.39 is 11.4 Å². The molecule has 0 aromatic heterocycles. The van der Waals surface area contributed by atoms with Crippen LogP contribution in [-0.2, 0) is 4.79 Å². The minimum absolute atomic E-state index is 0.256. The minimum Gasteiger partial charge on any atom is -0.480 e. The van der Waals surface area contributed by atoms with Crippen LogP contribution in [0, 0.1) is 16.7 Å². The Balaban J connectivity index is 2.05. The first kappa shape index (κ1) is 13.6. The highest BCUT2D eigenvalue weighted by Gasteiger charge is 2.42. The standard InChI is InChI=1S/C15H18N2O2/c1-12(13-5-3-2-4-6-13)17-9-7-15(11-16,8-10-17)14(18)19/h2-6,12H,7-10H2,1H3,(H,18,19). The summed E-state index contributed by atoms with van der Waals surface area (Å²) in [5.74, 6) is -0.984. The zero-order valence-corrected chi connectivity index (χ0v) is 11.0. The van der Waals surface area contributed by atoms with E-state index in [9.17, 15) is 9.90 Å². The van der Waals surface area contributed by atoms with Gasteiger partial charge in [-0.05, 0) is 25.3 Å². The third-order valence-corrected chi connectivity index (χ3v) is 4.10. The predicted octanol–water partition coefficient (Wildman–Crippen LogP) is 2.44. The zero-order valence-electron chi connectivity index (χ0n) is 11.0. The van der Waals surface area contributed by atoms with Gasteiger partial charge in [-0.1, -0.05) is 30.3 Å². The second-order valence-corrected chi connectivity index (χ2v) is 5.12. The third-order valence-electron chi connectivity index (χ3n) is 4.10. The largest absolute Gasteiger partial charge is 0.480 e. The zero-order chi connectivity index (χ0) is 13.9. The van der Waals surface area contributed by atoms with Gasteiger partial charge in [0.1, 0.15) is 0 Å². The van der Waals surface area contributed by atoms with E-state index in [1.807, 2.05) is 24.3 Å². The van der Waals surface area contributed by atoms with Crippen molar-refractivity contribution in [2.24, 2.45) is 5.41 Å². The molecule has 4 heteroatoms. The minimum atomic E-state index is -1.19. The van der Waals surface area contributed by atoms with Gasteiger partial charge < -0.3 is 5.11 Å². The Morgan fingerprint density at radius 2 is 1.95 bits per heavy atom. The highest BCUT2D eigenvalue weighted by molar-refractivity contribution is 5.78. The third kappa shape index (κ3) is 2.61. The number of aliphatic carboxylic acids is 1. The summed E-state index contributed by atoms with van der Waals surface area (Å²) in [7, 11) is 0. The van der Waals surface area contributed by atoms with Crippen LogP contribution in [0.4, 0.5) is 0 Å². The lowest BCUT2D eigenvalue weighted by Gasteiger charge is -2.38. The fourth-order valence-corrected chi connectivity index (χ4v) is 2.61. The fourth-order valence-electron chi connectivity index (χ4n) is 2.61. The van der Waals surface area contributed by atoms with Crippen LogP contribution < -0.4 is 0 Å². The van der Waals surface area contributed by atoms with E-state index in [0.717, 1.165) is 0 Å². The monoisotopic (exact) mass is 258 g/mol. The molecular weight excluding hydrogens is 240 g/mol. The Hall–Kier alpha value is -1.86. The van der Waals surface area contributed by atoms with Crippen LogP contribution in [0.5, 0.6) is 0 Å². The number of carbonyl (C=O) groups is 1. The Morgan fingerprint density at radius 1 is 1.37 bits per heavy atom. The van der Waals surface area contributed by atoms with Gasteiger partial charge in [-0.2, -0.15) is 5.26 Å². The topological polar surface area (TPSA) is 64.3 Å². The van der Waals surface area contributed by atoms with Crippen molar-refractivity contribution < 1.29 is 9.90 Å². The molecule has 0 aliphatic carbocycles. The summed E-state index contributed by atoms with van der Waals surface area (Å²) in [5.41, 5.74) is 0.0367. The van der Waals surface area contributed by atoms with Gasteiger partial charge in [0.05, 0.1) is 6.07 Å². The fraction of sp³-hybridized carbons (Fsp3) is 0.467. The lowest BCUT2D eigenvalue weighted by molar-refractivity contribution is -0.148. The molecule has 0 saturated carbocycles. The van der Waals surface area contributed by atoms with Crippen molar-refractivity contribution in [1.82, 2.24) is 4.90 Å². The summed E-state index contributed by atoms with van der Waals surface area (Å²) >= 11 is 0. The van der Waals surface area contributed by atoms with E-state index in [-0.39, 0.29) is 6.04 Å². The van der Waals surface area contributed by atoms with Gasteiger partial charge in [0, 0.05) is 19.1 Å². The van der Waals surface area contributed by atoms with Crippen LogP contribution in [0.2, 0.25) is 0 Å². The van der Waals surface area contributed by atoms with Gasteiger partial charge in [0.25, 0.3) is 0 Å². The van der Waals surface area contributed by atoms with Gasteiger partial charge in [0.2, 0.25) is 0 Å². The van der Waals surface area contributed by atoms with Crippen LogP contribution in [0.1, 0.15) is 31.4 Å². The normalized spacial score (nSPS) is 20.4. The van der Waals surface area contributed by atoms with Gasteiger partial charge in [-0.15, -0.1) is 0 Å². The maximum atomic E-state index is 11.2. The second kappa shape index (κ2) is 5.41. The lowest BCUT2D eigenvalue weighted by atomic mass is 9.79. The smallest absolute Gasteiger partial charge is 0.324 e. The summed E-state index contributed by atoms with van der Waals surface area (Å²) < 4.78 is 0. The summed E-state index contributed by atoms with van der Waals surface area (Å²) in [6.45, 7) is 3.42. The molecule has 0 amide bonds. The summed E-state index contributed by atoms with van der Waals surface area (Å²) in [6.07, 6.45) is 0.798. The van der Waals surface area contributed by atoms with E-state index >= 15 is 0 Å². The molecule has 1 atom stereocenters. The Bertz CT molecular complexity index is 485. The average Bonchev–Trinajstić information content (AvgIpc) is 2.47. The molecule has 1 N–H and O–H groups in total. The summed E-state index contributed by atoms with van der Waals surface area (Å²) in [6, 6.07) is 12.4. The van der Waals surface area contributed by atoms with Gasteiger partial charge in [0.15, 0.2) is 5.41 Å². The Labute approximate surface area is 113 Å². The maximum Gasteiger partial charge on any atom is 0.324 e. The molecule has 0 spiro atoms. The van der Waals surface area contributed by atoms with Gasteiger partial charge >= 0.3 is 5.97 Å². The number of benzene rings is 1. The van der Waals surface area contributed by atoms with E-state index in [1.54, 1.807) is 0 Å². The highest BCUT2D eigenvalue weighted by Crippen LogP contribution is 2.34. The number of piperidine rings is 1. The molecule has 1 aromatic rings. The van der Waals surface area contributed by atoms with Gasteiger partial charge in [-0.3, -0.25) is 9.69 Å². The molecule has 0 bridgehead atoms. The number of hydrogen-bond acceptors (Lipinski definition) is 3. The number of nitrogens with zero attached hydrogens (tertiary/aromatic N) is 2. The molecule has 1 aliphatic rings. The first-order chi connectivity index (χ1) is 9.09. The van der Waals surface area contributed by atoms with E-state index in [4.69, 9.17) is 5.26 Å². The van der Waals surface area contributed by atoms with Crippen molar-refractivity contribution in [3.8, 4) is 6.07 Å². The van der Waals surface area contributed by atoms with Crippen molar-refractivity contribution in [3.63, 3.8) is 0 Å². The molecular formula is C15H18N2O2. The lowest BCUT2D eigenvalue weighted by Crippen LogP contribution is -2.44. The first-order valence-electron chi connectivity index (χ1n) is 6.53. The number of nitriles is 1. The molecule has 1 aromatic carbocycles. The molecule has 4 nitrogen and oxygen atoms in total. The van der Waals surface area contributed by atoms with E-state index in [1.165, 1.54) is 5.56 Å². The van der Waals surface area contributed by atoms with Crippen LogP contribution in [0.25, 0.3) is 0 Å². The molecule has 1 fully saturated rings. The summed E-state index contributed by atoms with van der Waals surface area (Å²) in [5, 5.41) is 18.3. The second-order valence-electron chi connectivity index (χ2n) is 5.12. The van der Waals surface area contributed by atoms with Crippen molar-refractivity contribution in [3.05, 3.63) is 35.9 Å².